The first-order valence-corrected chi connectivity index (χ1v) is 11.7. The average molecular weight is 421 g/mol. The van der Waals surface area contributed by atoms with Crippen LogP contribution in [0, 0.1) is 12.8 Å². The van der Waals surface area contributed by atoms with Gasteiger partial charge in [-0.3, -0.25) is 4.79 Å². The number of nitrogens with zero attached hydrogens (tertiary/aromatic N) is 1. The van der Waals surface area contributed by atoms with Gasteiger partial charge in [-0.05, 0) is 43.9 Å². The first-order chi connectivity index (χ1) is 13.9. The number of carbonyl (C=O) groups excluding carboxylic acids is 1. The molecule has 1 aromatic heterocycles. The molecule has 8 heteroatoms. The van der Waals surface area contributed by atoms with Crippen molar-refractivity contribution in [2.45, 2.75) is 50.5 Å². The number of amides is 1. The number of benzene rings is 1. The average Bonchev–Trinajstić information content (AvgIpc) is 3.06. The summed E-state index contributed by atoms with van der Waals surface area (Å²) in [7, 11) is -3.60. The first kappa shape index (κ1) is 20.4. The molecule has 2 aliphatic rings. The van der Waals surface area contributed by atoms with E-state index >= 15 is 0 Å². The molecular weight excluding hydrogens is 392 g/mol. The van der Waals surface area contributed by atoms with E-state index in [4.69, 9.17) is 9.15 Å². The number of carbonyl (C=O) groups is 1. The predicted octanol–water partition coefficient (Wildman–Crippen LogP) is 3.07. The molecule has 1 aromatic carbocycles. The third-order valence-electron chi connectivity index (χ3n) is 6.15. The molecule has 4 rings (SSSR count). The monoisotopic (exact) mass is 420 g/mol. The SMILES string of the molecule is Cc1c(C(=O)N[C@H]2CCCC[C@H]2C)oc2ccc(S(=O)(=O)N3CCOCC3)cc12. The smallest absolute Gasteiger partial charge is 0.287 e. The van der Waals surface area contributed by atoms with Crippen molar-refractivity contribution in [3.8, 4) is 0 Å². The Labute approximate surface area is 171 Å². The van der Waals surface area contributed by atoms with E-state index in [2.05, 4.69) is 12.2 Å². The fourth-order valence-corrected chi connectivity index (χ4v) is 5.71. The van der Waals surface area contributed by atoms with Crippen molar-refractivity contribution >= 4 is 26.9 Å². The third kappa shape index (κ3) is 3.93. The van der Waals surface area contributed by atoms with E-state index in [1.165, 1.54) is 10.7 Å². The van der Waals surface area contributed by atoms with Gasteiger partial charge in [0, 0.05) is 30.1 Å². The van der Waals surface area contributed by atoms with Gasteiger partial charge < -0.3 is 14.5 Å². The summed E-state index contributed by atoms with van der Waals surface area (Å²) in [5.74, 6) is 0.483. The fraction of sp³-hybridized carbons (Fsp3) is 0.571. The molecule has 2 fully saturated rings. The number of morpholine rings is 1. The van der Waals surface area contributed by atoms with Crippen LogP contribution in [0.1, 0.15) is 48.7 Å². The topological polar surface area (TPSA) is 88.8 Å². The zero-order valence-corrected chi connectivity index (χ0v) is 17.8. The highest BCUT2D eigenvalue weighted by Crippen LogP contribution is 2.30. The van der Waals surface area contributed by atoms with Crippen molar-refractivity contribution in [1.82, 2.24) is 9.62 Å². The van der Waals surface area contributed by atoms with Crippen LogP contribution in [-0.2, 0) is 14.8 Å². The van der Waals surface area contributed by atoms with Crippen molar-refractivity contribution in [2.75, 3.05) is 26.3 Å². The lowest BCUT2D eigenvalue weighted by Gasteiger charge is -2.29. The van der Waals surface area contributed by atoms with Crippen molar-refractivity contribution in [3.63, 3.8) is 0 Å². The van der Waals surface area contributed by atoms with Gasteiger partial charge in [0.05, 0.1) is 18.1 Å². The molecule has 1 saturated carbocycles. The number of rotatable bonds is 4. The number of ether oxygens (including phenoxy) is 1. The van der Waals surface area contributed by atoms with E-state index in [1.54, 1.807) is 25.1 Å². The maximum Gasteiger partial charge on any atom is 0.287 e. The number of nitrogens with one attached hydrogen (secondary N) is 1. The summed E-state index contributed by atoms with van der Waals surface area (Å²) in [6, 6.07) is 4.94. The van der Waals surface area contributed by atoms with Crippen LogP contribution in [0.25, 0.3) is 11.0 Å². The molecule has 1 aliphatic heterocycles. The minimum Gasteiger partial charge on any atom is -0.451 e. The van der Waals surface area contributed by atoms with Gasteiger partial charge in [0.2, 0.25) is 10.0 Å². The molecule has 1 N–H and O–H groups in total. The molecule has 2 atom stereocenters. The molecule has 0 bridgehead atoms. The molecule has 1 saturated heterocycles. The summed E-state index contributed by atoms with van der Waals surface area (Å²) in [5.41, 5.74) is 1.19. The molecule has 0 radical (unpaired) electrons. The van der Waals surface area contributed by atoms with Crippen LogP contribution in [0.5, 0.6) is 0 Å². The number of aryl methyl sites for hydroxylation is 1. The summed E-state index contributed by atoms with van der Waals surface area (Å²) in [6.45, 7) is 5.46. The summed E-state index contributed by atoms with van der Waals surface area (Å²) in [5, 5.41) is 3.76. The van der Waals surface area contributed by atoms with E-state index < -0.39 is 10.0 Å². The Morgan fingerprint density at radius 2 is 1.90 bits per heavy atom. The molecule has 1 aliphatic carbocycles. The fourth-order valence-electron chi connectivity index (χ4n) is 4.28. The van der Waals surface area contributed by atoms with Crippen LogP contribution in [-0.4, -0.2) is 51.0 Å². The Morgan fingerprint density at radius 3 is 2.62 bits per heavy atom. The molecule has 0 spiro atoms. The van der Waals surface area contributed by atoms with E-state index in [0.29, 0.717) is 48.8 Å². The standard InChI is InChI=1S/C21H28N2O5S/c1-14-5-3-4-6-18(14)22-21(24)20-15(2)17-13-16(7-8-19(17)28-20)29(25,26)23-9-11-27-12-10-23/h7-8,13-14,18H,3-6,9-12H2,1-2H3,(H,22,24)/t14-,18+/m1/s1. The maximum absolute atomic E-state index is 12.9. The summed E-state index contributed by atoms with van der Waals surface area (Å²) >= 11 is 0. The Kier molecular flexibility index (Phi) is 5.68. The summed E-state index contributed by atoms with van der Waals surface area (Å²) < 4.78 is 38.4. The molecule has 1 amide bonds. The van der Waals surface area contributed by atoms with Crippen molar-refractivity contribution < 1.29 is 22.4 Å². The van der Waals surface area contributed by atoms with Gasteiger partial charge in [-0.15, -0.1) is 0 Å². The molecule has 7 nitrogen and oxygen atoms in total. The highest BCUT2D eigenvalue weighted by Gasteiger charge is 2.29. The van der Waals surface area contributed by atoms with Crippen LogP contribution >= 0.6 is 0 Å². The molecule has 2 aromatic rings. The number of sulfonamides is 1. The van der Waals surface area contributed by atoms with Crippen LogP contribution in [0.2, 0.25) is 0 Å². The lowest BCUT2D eigenvalue weighted by atomic mass is 9.86. The number of hydrogen-bond acceptors (Lipinski definition) is 5. The van der Waals surface area contributed by atoms with E-state index in [-0.39, 0.29) is 22.6 Å². The molecular formula is C21H28N2O5S. The highest BCUT2D eigenvalue weighted by atomic mass is 32.2. The lowest BCUT2D eigenvalue weighted by molar-refractivity contribution is 0.0730. The quantitative estimate of drug-likeness (QED) is 0.821. The van der Waals surface area contributed by atoms with Crippen molar-refractivity contribution in [2.24, 2.45) is 5.92 Å². The second-order valence-electron chi connectivity index (χ2n) is 8.07. The van der Waals surface area contributed by atoms with Gasteiger partial charge in [-0.25, -0.2) is 8.42 Å². The number of fused-ring (bicyclic) bond motifs is 1. The van der Waals surface area contributed by atoms with Crippen LogP contribution in [0.3, 0.4) is 0 Å². The normalized spacial score (nSPS) is 23.9. The summed E-state index contributed by atoms with van der Waals surface area (Å²) in [6.07, 6.45) is 4.43. The Morgan fingerprint density at radius 1 is 1.17 bits per heavy atom. The Bertz CT molecular complexity index is 1010. The second-order valence-corrected chi connectivity index (χ2v) is 10.0. The van der Waals surface area contributed by atoms with Crippen LogP contribution < -0.4 is 5.32 Å². The third-order valence-corrected chi connectivity index (χ3v) is 8.04. The Balaban J connectivity index is 1.61. The largest absolute Gasteiger partial charge is 0.451 e. The zero-order chi connectivity index (χ0) is 20.6. The lowest BCUT2D eigenvalue weighted by Crippen LogP contribution is -2.41. The minimum atomic E-state index is -3.60. The van der Waals surface area contributed by atoms with E-state index in [0.717, 1.165) is 19.3 Å². The van der Waals surface area contributed by atoms with Gasteiger partial charge in [0.25, 0.3) is 5.91 Å². The summed E-state index contributed by atoms with van der Waals surface area (Å²) in [4.78, 5) is 13.0. The van der Waals surface area contributed by atoms with Crippen LogP contribution in [0.15, 0.2) is 27.5 Å². The van der Waals surface area contributed by atoms with Gasteiger partial charge in [0.1, 0.15) is 5.58 Å². The first-order valence-electron chi connectivity index (χ1n) is 10.3. The van der Waals surface area contributed by atoms with Crippen molar-refractivity contribution in [1.29, 1.82) is 0 Å². The molecule has 29 heavy (non-hydrogen) atoms. The molecule has 0 unspecified atom stereocenters. The Hall–Kier alpha value is -1.90. The number of hydrogen-bond donors (Lipinski definition) is 1. The van der Waals surface area contributed by atoms with Crippen molar-refractivity contribution in [3.05, 3.63) is 29.5 Å². The number of furan rings is 1. The van der Waals surface area contributed by atoms with Gasteiger partial charge >= 0.3 is 0 Å². The minimum absolute atomic E-state index is 0.154. The van der Waals surface area contributed by atoms with E-state index in [9.17, 15) is 13.2 Å². The predicted molar refractivity (Wildman–Crippen MR) is 109 cm³/mol. The van der Waals surface area contributed by atoms with E-state index in [1.807, 2.05) is 0 Å². The van der Waals surface area contributed by atoms with Gasteiger partial charge in [0.15, 0.2) is 5.76 Å². The van der Waals surface area contributed by atoms with Gasteiger partial charge in [-0.2, -0.15) is 4.31 Å². The molecule has 158 valence electrons. The molecule has 2 heterocycles. The second kappa shape index (κ2) is 8.08. The van der Waals surface area contributed by atoms with Gasteiger partial charge in [-0.1, -0.05) is 19.8 Å². The zero-order valence-electron chi connectivity index (χ0n) is 16.9. The van der Waals surface area contributed by atoms with Crippen LogP contribution in [0.4, 0.5) is 0 Å². The highest BCUT2D eigenvalue weighted by molar-refractivity contribution is 7.89. The maximum atomic E-state index is 12.9.